The molecule has 4 nitrogen and oxygen atoms in total. The number of amides is 1. The van der Waals surface area contributed by atoms with Crippen LogP contribution in [0.1, 0.15) is 47.2 Å². The predicted octanol–water partition coefficient (Wildman–Crippen LogP) is 4.15. The number of carbonyl (C=O) groups is 1. The molecule has 2 aromatic carbocycles. The summed E-state index contributed by atoms with van der Waals surface area (Å²) >= 11 is 0. The molecule has 0 aliphatic carbocycles. The summed E-state index contributed by atoms with van der Waals surface area (Å²) in [5.41, 5.74) is 3.98. The molecule has 2 aliphatic heterocycles. The number of nitrogens with zero attached hydrogens (tertiary/aromatic N) is 1. The molecule has 2 heterocycles. The van der Waals surface area contributed by atoms with E-state index < -0.39 is 0 Å². The van der Waals surface area contributed by atoms with Crippen LogP contribution in [0.2, 0.25) is 0 Å². The molecule has 0 bridgehead atoms. The van der Waals surface area contributed by atoms with E-state index in [1.165, 1.54) is 5.56 Å². The fourth-order valence-corrected chi connectivity index (χ4v) is 3.86. The number of anilines is 1. The third kappa shape index (κ3) is 3.39. The van der Waals surface area contributed by atoms with Gasteiger partial charge >= 0.3 is 0 Å². The van der Waals surface area contributed by atoms with Gasteiger partial charge in [-0.1, -0.05) is 43.3 Å². The van der Waals surface area contributed by atoms with E-state index >= 15 is 0 Å². The van der Waals surface area contributed by atoms with Crippen molar-refractivity contribution in [1.82, 2.24) is 0 Å². The standard InChI is InChI=1S/C22H25NO3/c1-16-14-23(21-9-5-4-7-19(16)21)22(24)20-8-3-2-6-17(20)15-26-18-10-12-25-13-11-18/h2-9,16,18H,10-15H2,1H3. The Balaban J connectivity index is 1.53. The van der Waals surface area contributed by atoms with Gasteiger partial charge in [0, 0.05) is 36.9 Å². The van der Waals surface area contributed by atoms with Crippen LogP contribution >= 0.6 is 0 Å². The van der Waals surface area contributed by atoms with Gasteiger partial charge in [0.15, 0.2) is 0 Å². The molecule has 1 fully saturated rings. The van der Waals surface area contributed by atoms with Crippen LogP contribution in [0.25, 0.3) is 0 Å². The zero-order chi connectivity index (χ0) is 17.9. The van der Waals surface area contributed by atoms with Crippen LogP contribution in [-0.2, 0) is 16.1 Å². The van der Waals surface area contributed by atoms with Crippen LogP contribution in [0.4, 0.5) is 5.69 Å². The van der Waals surface area contributed by atoms with E-state index in [0.29, 0.717) is 12.5 Å². The summed E-state index contributed by atoms with van der Waals surface area (Å²) in [4.78, 5) is 15.2. The van der Waals surface area contributed by atoms with Crippen LogP contribution in [0, 0.1) is 0 Å². The molecule has 0 spiro atoms. The van der Waals surface area contributed by atoms with E-state index in [0.717, 1.165) is 49.4 Å². The Bertz CT molecular complexity index is 782. The monoisotopic (exact) mass is 351 g/mol. The largest absolute Gasteiger partial charge is 0.381 e. The minimum atomic E-state index is 0.0629. The van der Waals surface area contributed by atoms with E-state index in [2.05, 4.69) is 13.0 Å². The zero-order valence-corrected chi connectivity index (χ0v) is 15.2. The zero-order valence-electron chi connectivity index (χ0n) is 15.2. The van der Waals surface area contributed by atoms with Crippen LogP contribution in [-0.4, -0.2) is 31.8 Å². The molecule has 0 radical (unpaired) electrons. The highest BCUT2D eigenvalue weighted by Crippen LogP contribution is 2.36. The number of hydrogen-bond acceptors (Lipinski definition) is 3. The van der Waals surface area contributed by atoms with Crippen molar-refractivity contribution in [2.45, 2.75) is 38.4 Å². The lowest BCUT2D eigenvalue weighted by Gasteiger charge is -2.24. The van der Waals surface area contributed by atoms with Gasteiger partial charge in [0.1, 0.15) is 0 Å². The van der Waals surface area contributed by atoms with Gasteiger partial charge < -0.3 is 14.4 Å². The molecular weight excluding hydrogens is 326 g/mol. The molecular formula is C22H25NO3. The average molecular weight is 351 g/mol. The quantitative estimate of drug-likeness (QED) is 0.831. The summed E-state index contributed by atoms with van der Waals surface area (Å²) in [5.74, 6) is 0.425. The molecule has 136 valence electrons. The molecule has 4 rings (SSSR count). The van der Waals surface area contributed by atoms with E-state index in [1.807, 2.05) is 47.4 Å². The highest BCUT2D eigenvalue weighted by atomic mass is 16.5. The van der Waals surface area contributed by atoms with Crippen molar-refractivity contribution in [2.24, 2.45) is 0 Å². The second kappa shape index (κ2) is 7.60. The van der Waals surface area contributed by atoms with Gasteiger partial charge in [0.2, 0.25) is 0 Å². The SMILES string of the molecule is CC1CN(C(=O)c2ccccc2COC2CCOCC2)c2ccccc21. The summed E-state index contributed by atoms with van der Waals surface area (Å²) in [6.07, 6.45) is 2.07. The van der Waals surface area contributed by atoms with Gasteiger partial charge in [0.05, 0.1) is 12.7 Å². The summed E-state index contributed by atoms with van der Waals surface area (Å²) in [6.45, 7) is 4.89. The first kappa shape index (κ1) is 17.3. The molecule has 2 aromatic rings. The van der Waals surface area contributed by atoms with Gasteiger partial charge in [-0.3, -0.25) is 4.79 Å². The second-order valence-corrected chi connectivity index (χ2v) is 7.16. The van der Waals surface area contributed by atoms with Crippen molar-refractivity contribution < 1.29 is 14.3 Å². The molecule has 26 heavy (non-hydrogen) atoms. The van der Waals surface area contributed by atoms with Crippen molar-refractivity contribution in [2.75, 3.05) is 24.7 Å². The first-order valence-electron chi connectivity index (χ1n) is 9.42. The van der Waals surface area contributed by atoms with E-state index in [9.17, 15) is 4.79 Å². The Kier molecular flexibility index (Phi) is 5.05. The Labute approximate surface area is 154 Å². The topological polar surface area (TPSA) is 38.8 Å². The van der Waals surface area contributed by atoms with Crippen molar-refractivity contribution in [3.05, 3.63) is 65.2 Å². The summed E-state index contributed by atoms with van der Waals surface area (Å²) < 4.78 is 11.4. The summed E-state index contributed by atoms with van der Waals surface area (Å²) in [6, 6.07) is 16.0. The number of ether oxygens (including phenoxy) is 2. The summed E-state index contributed by atoms with van der Waals surface area (Å²) in [7, 11) is 0. The molecule has 4 heteroatoms. The van der Waals surface area contributed by atoms with E-state index in [-0.39, 0.29) is 12.0 Å². The lowest BCUT2D eigenvalue weighted by atomic mass is 10.0. The minimum Gasteiger partial charge on any atom is -0.381 e. The average Bonchev–Trinajstić information content (AvgIpc) is 3.04. The molecule has 2 aliphatic rings. The fraction of sp³-hybridized carbons (Fsp3) is 0.409. The number of rotatable bonds is 4. The predicted molar refractivity (Wildman–Crippen MR) is 102 cm³/mol. The lowest BCUT2D eigenvalue weighted by Crippen LogP contribution is -2.30. The van der Waals surface area contributed by atoms with Crippen molar-refractivity contribution >= 4 is 11.6 Å². The van der Waals surface area contributed by atoms with Crippen LogP contribution in [0.3, 0.4) is 0 Å². The van der Waals surface area contributed by atoms with Gasteiger partial charge in [-0.25, -0.2) is 0 Å². The van der Waals surface area contributed by atoms with Crippen molar-refractivity contribution in [1.29, 1.82) is 0 Å². The lowest BCUT2D eigenvalue weighted by molar-refractivity contribution is -0.0391. The number of fused-ring (bicyclic) bond motifs is 1. The fourth-order valence-electron chi connectivity index (χ4n) is 3.86. The molecule has 1 amide bonds. The Morgan fingerprint density at radius 1 is 1.12 bits per heavy atom. The van der Waals surface area contributed by atoms with Gasteiger partial charge in [-0.05, 0) is 36.1 Å². The Hall–Kier alpha value is -2.17. The molecule has 1 unspecified atom stereocenters. The van der Waals surface area contributed by atoms with Crippen LogP contribution < -0.4 is 4.90 Å². The maximum absolute atomic E-state index is 13.3. The molecule has 1 saturated heterocycles. The third-order valence-corrected chi connectivity index (χ3v) is 5.35. The third-order valence-electron chi connectivity index (χ3n) is 5.35. The van der Waals surface area contributed by atoms with Crippen molar-refractivity contribution in [3.8, 4) is 0 Å². The number of benzene rings is 2. The smallest absolute Gasteiger partial charge is 0.258 e. The van der Waals surface area contributed by atoms with Gasteiger partial charge in [-0.2, -0.15) is 0 Å². The number of carbonyl (C=O) groups excluding carboxylic acids is 1. The number of hydrogen-bond donors (Lipinski definition) is 0. The minimum absolute atomic E-state index is 0.0629. The molecule has 1 atom stereocenters. The maximum atomic E-state index is 13.3. The number of para-hydroxylation sites is 1. The first-order valence-corrected chi connectivity index (χ1v) is 9.42. The Morgan fingerprint density at radius 3 is 2.69 bits per heavy atom. The van der Waals surface area contributed by atoms with Crippen LogP contribution in [0.15, 0.2) is 48.5 Å². The van der Waals surface area contributed by atoms with E-state index in [4.69, 9.17) is 9.47 Å². The highest BCUT2D eigenvalue weighted by molar-refractivity contribution is 6.08. The van der Waals surface area contributed by atoms with Crippen LogP contribution in [0.5, 0.6) is 0 Å². The van der Waals surface area contributed by atoms with E-state index in [1.54, 1.807) is 0 Å². The second-order valence-electron chi connectivity index (χ2n) is 7.16. The molecule has 0 N–H and O–H groups in total. The molecule has 0 aromatic heterocycles. The van der Waals surface area contributed by atoms with Gasteiger partial charge in [0.25, 0.3) is 5.91 Å². The normalized spacial score (nSPS) is 20.2. The van der Waals surface area contributed by atoms with Crippen molar-refractivity contribution in [3.63, 3.8) is 0 Å². The summed E-state index contributed by atoms with van der Waals surface area (Å²) in [5, 5.41) is 0. The Morgan fingerprint density at radius 2 is 1.85 bits per heavy atom. The maximum Gasteiger partial charge on any atom is 0.258 e. The highest BCUT2D eigenvalue weighted by Gasteiger charge is 2.31. The first-order chi connectivity index (χ1) is 12.7. The molecule has 0 saturated carbocycles. The van der Waals surface area contributed by atoms with Gasteiger partial charge in [-0.15, -0.1) is 0 Å².